The van der Waals surface area contributed by atoms with E-state index in [1.54, 1.807) is 48.5 Å². The predicted molar refractivity (Wildman–Crippen MR) is 95.5 cm³/mol. The molecule has 0 spiro atoms. The van der Waals surface area contributed by atoms with Gasteiger partial charge in [0.05, 0.1) is 25.3 Å². The molecule has 1 fully saturated rings. The van der Waals surface area contributed by atoms with Crippen LogP contribution in [0.2, 0.25) is 0 Å². The molecular formula is C20H19NO5. The normalized spacial score (nSPS) is 19.0. The van der Waals surface area contributed by atoms with Gasteiger partial charge in [0, 0.05) is 12.1 Å². The summed E-state index contributed by atoms with van der Waals surface area (Å²) in [5, 5.41) is 20.1. The van der Waals surface area contributed by atoms with Crippen molar-refractivity contribution in [1.82, 2.24) is 4.90 Å². The number of ketones is 1. The largest absolute Gasteiger partial charge is 0.507 e. The molecule has 134 valence electrons. The lowest BCUT2D eigenvalue weighted by atomic mass is 9.95. The second kappa shape index (κ2) is 7.41. The third kappa shape index (κ3) is 3.07. The molecule has 2 aromatic rings. The molecule has 2 N–H and O–H groups in total. The van der Waals surface area contributed by atoms with Gasteiger partial charge in [0.25, 0.3) is 11.7 Å². The summed E-state index contributed by atoms with van der Waals surface area (Å²) in [6, 6.07) is 14.8. The highest BCUT2D eigenvalue weighted by atomic mass is 16.5. The van der Waals surface area contributed by atoms with Gasteiger partial charge in [-0.3, -0.25) is 9.59 Å². The Bertz CT molecular complexity index is 842. The Hall–Kier alpha value is -3.12. The number of hydrogen-bond donors (Lipinski definition) is 2. The first kappa shape index (κ1) is 17.7. The molecule has 3 rings (SSSR count). The molecule has 6 nitrogen and oxygen atoms in total. The maximum Gasteiger partial charge on any atom is 0.295 e. The summed E-state index contributed by atoms with van der Waals surface area (Å²) in [5.74, 6) is -1.13. The Balaban J connectivity index is 2.14. The molecule has 1 amide bonds. The first-order valence-corrected chi connectivity index (χ1v) is 8.17. The minimum atomic E-state index is -0.763. The maximum absolute atomic E-state index is 12.6. The third-order valence-electron chi connectivity index (χ3n) is 4.36. The zero-order valence-electron chi connectivity index (χ0n) is 14.3. The Labute approximate surface area is 150 Å². The number of β-amino-alcohol motifs (C(OH)–C–C–N with tert-alkyl or cyclic N) is 1. The number of Topliss-reactive ketones (excluding diaryl/α,β-unsaturated/α-hetero) is 1. The molecule has 0 radical (unpaired) electrons. The molecule has 0 bridgehead atoms. The van der Waals surface area contributed by atoms with E-state index in [1.165, 1.54) is 12.0 Å². The van der Waals surface area contributed by atoms with Crippen LogP contribution in [-0.2, 0) is 9.59 Å². The number of rotatable bonds is 5. The molecule has 0 aliphatic carbocycles. The van der Waals surface area contributed by atoms with Gasteiger partial charge in [-0.15, -0.1) is 0 Å². The van der Waals surface area contributed by atoms with Crippen LogP contribution in [0.15, 0.2) is 60.2 Å². The van der Waals surface area contributed by atoms with Crippen LogP contribution in [0.1, 0.15) is 17.2 Å². The maximum atomic E-state index is 12.6. The van der Waals surface area contributed by atoms with Crippen molar-refractivity contribution in [3.8, 4) is 5.75 Å². The van der Waals surface area contributed by atoms with Crippen LogP contribution >= 0.6 is 0 Å². The molecule has 0 saturated carbocycles. The number of aliphatic hydroxyl groups is 2. The molecule has 6 heteroatoms. The fraction of sp³-hybridized carbons (Fsp3) is 0.200. The number of methoxy groups -OCH3 is 1. The summed E-state index contributed by atoms with van der Waals surface area (Å²) in [4.78, 5) is 26.3. The molecule has 1 heterocycles. The SMILES string of the molecule is COc1ccc(/C(O)=C2/C(=O)C(=O)N(CCO)C2c2ccccc2)cc1. The lowest BCUT2D eigenvalue weighted by Crippen LogP contribution is -2.32. The fourth-order valence-electron chi connectivity index (χ4n) is 3.10. The van der Waals surface area contributed by atoms with E-state index in [1.807, 2.05) is 6.07 Å². The minimum Gasteiger partial charge on any atom is -0.507 e. The van der Waals surface area contributed by atoms with Crippen molar-refractivity contribution in [3.63, 3.8) is 0 Å². The number of amides is 1. The molecule has 1 aliphatic heterocycles. The van der Waals surface area contributed by atoms with E-state index < -0.39 is 17.7 Å². The molecule has 1 unspecified atom stereocenters. The first-order valence-electron chi connectivity index (χ1n) is 8.17. The summed E-state index contributed by atoms with van der Waals surface area (Å²) in [7, 11) is 1.53. The quantitative estimate of drug-likeness (QED) is 0.488. The van der Waals surface area contributed by atoms with Crippen LogP contribution in [0, 0.1) is 0 Å². The number of hydrogen-bond acceptors (Lipinski definition) is 5. The van der Waals surface area contributed by atoms with E-state index >= 15 is 0 Å². The van der Waals surface area contributed by atoms with Crippen LogP contribution < -0.4 is 4.74 Å². The highest BCUT2D eigenvalue weighted by Crippen LogP contribution is 2.39. The van der Waals surface area contributed by atoms with E-state index in [-0.39, 0.29) is 24.5 Å². The first-order chi connectivity index (χ1) is 12.6. The van der Waals surface area contributed by atoms with Crippen molar-refractivity contribution in [2.45, 2.75) is 6.04 Å². The highest BCUT2D eigenvalue weighted by Gasteiger charge is 2.45. The summed E-state index contributed by atoms with van der Waals surface area (Å²) >= 11 is 0. The summed E-state index contributed by atoms with van der Waals surface area (Å²) < 4.78 is 5.10. The van der Waals surface area contributed by atoms with Gasteiger partial charge in [0.2, 0.25) is 0 Å². The van der Waals surface area contributed by atoms with Crippen LogP contribution in [0.5, 0.6) is 5.75 Å². The van der Waals surface area contributed by atoms with E-state index in [4.69, 9.17) is 4.74 Å². The number of nitrogens with zero attached hydrogens (tertiary/aromatic N) is 1. The van der Waals surface area contributed by atoms with E-state index in [0.29, 0.717) is 16.9 Å². The second-order valence-electron chi connectivity index (χ2n) is 5.86. The molecule has 2 aromatic carbocycles. The molecule has 0 aromatic heterocycles. The number of carbonyl (C=O) groups is 2. The van der Waals surface area contributed by atoms with Gasteiger partial charge in [0.15, 0.2) is 0 Å². The predicted octanol–water partition coefficient (Wildman–Crippen LogP) is 2.11. The number of ether oxygens (including phenoxy) is 1. The molecule has 1 aliphatic rings. The number of benzene rings is 2. The second-order valence-corrected chi connectivity index (χ2v) is 5.86. The van der Waals surface area contributed by atoms with Gasteiger partial charge >= 0.3 is 0 Å². The Morgan fingerprint density at radius 2 is 1.73 bits per heavy atom. The van der Waals surface area contributed by atoms with Crippen LogP contribution in [0.4, 0.5) is 0 Å². The molecule has 1 saturated heterocycles. The van der Waals surface area contributed by atoms with Crippen LogP contribution in [0.25, 0.3) is 5.76 Å². The number of carbonyl (C=O) groups excluding carboxylic acids is 2. The van der Waals surface area contributed by atoms with Crippen molar-refractivity contribution >= 4 is 17.4 Å². The smallest absolute Gasteiger partial charge is 0.295 e. The summed E-state index contributed by atoms with van der Waals surface area (Å²) in [5.41, 5.74) is 1.11. The van der Waals surface area contributed by atoms with E-state index in [2.05, 4.69) is 0 Å². The third-order valence-corrected chi connectivity index (χ3v) is 4.36. The zero-order chi connectivity index (χ0) is 18.7. The molecule has 26 heavy (non-hydrogen) atoms. The Morgan fingerprint density at radius 3 is 2.31 bits per heavy atom. The van der Waals surface area contributed by atoms with Crippen LogP contribution in [-0.4, -0.2) is 47.1 Å². The molecule has 1 atom stereocenters. The Morgan fingerprint density at radius 1 is 1.08 bits per heavy atom. The molecular weight excluding hydrogens is 334 g/mol. The van der Waals surface area contributed by atoms with Crippen molar-refractivity contribution in [3.05, 3.63) is 71.3 Å². The van der Waals surface area contributed by atoms with Crippen LogP contribution in [0.3, 0.4) is 0 Å². The summed E-state index contributed by atoms with van der Waals surface area (Å²) in [6.07, 6.45) is 0. The van der Waals surface area contributed by atoms with Gasteiger partial charge in [-0.2, -0.15) is 0 Å². The summed E-state index contributed by atoms with van der Waals surface area (Å²) in [6.45, 7) is -0.275. The van der Waals surface area contributed by atoms with Gasteiger partial charge in [0.1, 0.15) is 11.5 Å². The van der Waals surface area contributed by atoms with Crippen molar-refractivity contribution in [2.75, 3.05) is 20.3 Å². The van der Waals surface area contributed by atoms with Crippen molar-refractivity contribution in [2.24, 2.45) is 0 Å². The Kier molecular flexibility index (Phi) is 5.04. The zero-order valence-corrected chi connectivity index (χ0v) is 14.3. The topological polar surface area (TPSA) is 87.1 Å². The van der Waals surface area contributed by atoms with E-state index in [0.717, 1.165) is 0 Å². The van der Waals surface area contributed by atoms with Crippen molar-refractivity contribution in [1.29, 1.82) is 0 Å². The number of likely N-dealkylation sites (tertiary alicyclic amines) is 1. The van der Waals surface area contributed by atoms with Gasteiger partial charge in [-0.1, -0.05) is 30.3 Å². The average Bonchev–Trinajstić information content (AvgIpc) is 2.93. The number of aliphatic hydroxyl groups excluding tert-OH is 2. The fourth-order valence-corrected chi connectivity index (χ4v) is 3.10. The minimum absolute atomic E-state index is 0.00350. The van der Waals surface area contributed by atoms with Gasteiger partial charge < -0.3 is 19.8 Å². The standard InChI is InChI=1S/C20H19NO5/c1-26-15-9-7-14(8-10-15)18(23)16-17(13-5-3-2-4-6-13)21(11-12-22)20(25)19(16)24/h2-10,17,22-23H,11-12H2,1H3/b18-16-. The lowest BCUT2D eigenvalue weighted by Gasteiger charge is -2.24. The lowest BCUT2D eigenvalue weighted by molar-refractivity contribution is -0.140. The van der Waals surface area contributed by atoms with E-state index in [9.17, 15) is 19.8 Å². The highest BCUT2D eigenvalue weighted by molar-refractivity contribution is 6.46. The van der Waals surface area contributed by atoms with Gasteiger partial charge in [-0.05, 0) is 29.8 Å². The average molecular weight is 353 g/mol. The van der Waals surface area contributed by atoms with Gasteiger partial charge in [-0.25, -0.2) is 0 Å². The van der Waals surface area contributed by atoms with Crippen molar-refractivity contribution < 1.29 is 24.5 Å². The monoisotopic (exact) mass is 353 g/mol.